The van der Waals surface area contributed by atoms with Gasteiger partial charge in [-0.1, -0.05) is 29.8 Å². The molecular formula is C16H24N2O. The molecule has 1 amide bonds. The number of amides is 1. The minimum atomic E-state index is 0.172. The molecule has 19 heavy (non-hydrogen) atoms. The lowest BCUT2D eigenvalue weighted by Crippen LogP contribution is -2.38. The highest BCUT2D eigenvalue weighted by molar-refractivity contribution is 5.76. The van der Waals surface area contributed by atoms with Crippen molar-refractivity contribution < 1.29 is 4.79 Å². The maximum absolute atomic E-state index is 11.8. The number of benzene rings is 1. The lowest BCUT2D eigenvalue weighted by molar-refractivity contribution is -0.121. The molecule has 1 heterocycles. The van der Waals surface area contributed by atoms with Crippen LogP contribution >= 0.6 is 0 Å². The molecule has 2 rings (SSSR count). The van der Waals surface area contributed by atoms with E-state index in [1.54, 1.807) is 0 Å². The second-order valence-corrected chi connectivity index (χ2v) is 5.50. The summed E-state index contributed by atoms with van der Waals surface area (Å²) in [5.74, 6) is 0.781. The number of rotatable bonds is 5. The number of hydrogen-bond acceptors (Lipinski definition) is 2. The van der Waals surface area contributed by atoms with Crippen molar-refractivity contribution in [2.75, 3.05) is 19.6 Å². The smallest absolute Gasteiger partial charge is 0.220 e. The van der Waals surface area contributed by atoms with E-state index in [0.29, 0.717) is 12.3 Å². The van der Waals surface area contributed by atoms with Crippen LogP contribution in [-0.2, 0) is 11.2 Å². The molecule has 1 aliphatic heterocycles. The second-order valence-electron chi connectivity index (χ2n) is 5.50. The summed E-state index contributed by atoms with van der Waals surface area (Å²) in [5, 5.41) is 6.43. The van der Waals surface area contributed by atoms with Crippen LogP contribution in [0.5, 0.6) is 0 Å². The van der Waals surface area contributed by atoms with Crippen LogP contribution in [-0.4, -0.2) is 25.5 Å². The van der Waals surface area contributed by atoms with E-state index in [-0.39, 0.29) is 5.91 Å². The summed E-state index contributed by atoms with van der Waals surface area (Å²) >= 11 is 0. The molecule has 0 radical (unpaired) electrons. The van der Waals surface area contributed by atoms with E-state index in [0.717, 1.165) is 26.1 Å². The van der Waals surface area contributed by atoms with E-state index in [1.165, 1.54) is 24.0 Å². The van der Waals surface area contributed by atoms with Gasteiger partial charge in [0.15, 0.2) is 0 Å². The molecule has 3 heteroatoms. The van der Waals surface area contributed by atoms with E-state index in [1.807, 2.05) is 0 Å². The van der Waals surface area contributed by atoms with Gasteiger partial charge in [0, 0.05) is 13.0 Å². The first kappa shape index (κ1) is 14.1. The van der Waals surface area contributed by atoms with Gasteiger partial charge in [-0.3, -0.25) is 4.79 Å². The molecule has 1 saturated heterocycles. The molecule has 1 aromatic carbocycles. The van der Waals surface area contributed by atoms with Gasteiger partial charge in [-0.25, -0.2) is 0 Å². The highest BCUT2D eigenvalue weighted by Gasteiger charge is 2.13. The molecule has 0 bridgehead atoms. The summed E-state index contributed by atoms with van der Waals surface area (Å²) in [6, 6.07) is 8.41. The topological polar surface area (TPSA) is 41.1 Å². The van der Waals surface area contributed by atoms with Gasteiger partial charge in [0.2, 0.25) is 5.91 Å². The molecule has 0 aliphatic carbocycles. The fourth-order valence-electron chi connectivity index (χ4n) is 2.46. The van der Waals surface area contributed by atoms with Crippen molar-refractivity contribution in [1.29, 1.82) is 0 Å². The van der Waals surface area contributed by atoms with Crippen LogP contribution in [0, 0.1) is 12.8 Å². The molecule has 1 aliphatic rings. The molecule has 1 atom stereocenters. The zero-order chi connectivity index (χ0) is 13.5. The molecule has 0 aromatic heterocycles. The number of nitrogens with one attached hydrogen (secondary N) is 2. The lowest BCUT2D eigenvalue weighted by atomic mass is 9.99. The molecule has 1 unspecified atom stereocenters. The monoisotopic (exact) mass is 260 g/mol. The van der Waals surface area contributed by atoms with Crippen molar-refractivity contribution in [2.45, 2.75) is 32.6 Å². The number of piperidine rings is 1. The minimum absolute atomic E-state index is 0.172. The number of carbonyl (C=O) groups excluding carboxylic acids is 1. The molecule has 1 aromatic rings. The van der Waals surface area contributed by atoms with E-state index in [9.17, 15) is 4.79 Å². The Hall–Kier alpha value is -1.35. The Labute approximate surface area is 115 Å². The molecular weight excluding hydrogens is 236 g/mol. The summed E-state index contributed by atoms with van der Waals surface area (Å²) in [6.45, 7) is 5.06. The largest absolute Gasteiger partial charge is 0.356 e. The average molecular weight is 260 g/mol. The standard InChI is InChI=1S/C16H24N2O/c1-13-4-6-14(7-5-13)8-9-16(19)18-12-15-3-2-10-17-11-15/h4-7,15,17H,2-3,8-12H2,1H3,(H,18,19). The van der Waals surface area contributed by atoms with E-state index in [4.69, 9.17) is 0 Å². The first-order valence-electron chi connectivity index (χ1n) is 7.27. The Morgan fingerprint density at radius 1 is 1.37 bits per heavy atom. The van der Waals surface area contributed by atoms with Crippen molar-refractivity contribution in [2.24, 2.45) is 5.92 Å². The molecule has 1 fully saturated rings. The maximum Gasteiger partial charge on any atom is 0.220 e. The van der Waals surface area contributed by atoms with Crippen LogP contribution < -0.4 is 10.6 Å². The summed E-state index contributed by atoms with van der Waals surface area (Å²) in [6.07, 6.45) is 3.87. The van der Waals surface area contributed by atoms with Crippen molar-refractivity contribution in [3.63, 3.8) is 0 Å². The molecule has 0 spiro atoms. The Bertz CT molecular complexity index is 394. The van der Waals surface area contributed by atoms with Gasteiger partial charge in [0.25, 0.3) is 0 Å². The molecule has 104 valence electrons. The lowest BCUT2D eigenvalue weighted by Gasteiger charge is -2.22. The third kappa shape index (κ3) is 5.03. The van der Waals surface area contributed by atoms with Gasteiger partial charge in [-0.05, 0) is 50.8 Å². The fourth-order valence-corrected chi connectivity index (χ4v) is 2.46. The van der Waals surface area contributed by atoms with Gasteiger partial charge in [-0.2, -0.15) is 0 Å². The number of carbonyl (C=O) groups is 1. The van der Waals surface area contributed by atoms with Crippen LogP contribution in [0.2, 0.25) is 0 Å². The Kier molecular flexibility index (Phi) is 5.40. The molecule has 0 saturated carbocycles. The second kappa shape index (κ2) is 7.29. The van der Waals surface area contributed by atoms with Gasteiger partial charge in [0.05, 0.1) is 0 Å². The van der Waals surface area contributed by atoms with Crippen LogP contribution in [0.25, 0.3) is 0 Å². The maximum atomic E-state index is 11.8. The van der Waals surface area contributed by atoms with Crippen molar-refractivity contribution in [1.82, 2.24) is 10.6 Å². The Morgan fingerprint density at radius 2 is 2.16 bits per heavy atom. The first-order valence-corrected chi connectivity index (χ1v) is 7.27. The van der Waals surface area contributed by atoms with Crippen molar-refractivity contribution in [3.05, 3.63) is 35.4 Å². The number of aryl methyl sites for hydroxylation is 2. The van der Waals surface area contributed by atoms with E-state index in [2.05, 4.69) is 41.8 Å². The van der Waals surface area contributed by atoms with E-state index < -0.39 is 0 Å². The average Bonchev–Trinajstić information content (AvgIpc) is 2.45. The number of hydrogen-bond donors (Lipinski definition) is 2. The summed E-state index contributed by atoms with van der Waals surface area (Å²) < 4.78 is 0. The summed E-state index contributed by atoms with van der Waals surface area (Å²) in [7, 11) is 0. The third-order valence-electron chi connectivity index (χ3n) is 3.75. The quantitative estimate of drug-likeness (QED) is 0.850. The SMILES string of the molecule is Cc1ccc(CCC(=O)NCC2CCCNC2)cc1. The van der Waals surface area contributed by atoms with Crippen LogP contribution in [0.1, 0.15) is 30.4 Å². The molecule has 2 N–H and O–H groups in total. The zero-order valence-electron chi connectivity index (χ0n) is 11.7. The fraction of sp³-hybridized carbons (Fsp3) is 0.562. The first-order chi connectivity index (χ1) is 9.24. The highest BCUT2D eigenvalue weighted by Crippen LogP contribution is 2.09. The third-order valence-corrected chi connectivity index (χ3v) is 3.75. The molecule has 3 nitrogen and oxygen atoms in total. The van der Waals surface area contributed by atoms with Gasteiger partial charge < -0.3 is 10.6 Å². The van der Waals surface area contributed by atoms with Crippen LogP contribution in [0.15, 0.2) is 24.3 Å². The van der Waals surface area contributed by atoms with Gasteiger partial charge in [0.1, 0.15) is 0 Å². The highest BCUT2D eigenvalue weighted by atomic mass is 16.1. The van der Waals surface area contributed by atoms with Crippen LogP contribution in [0.3, 0.4) is 0 Å². The van der Waals surface area contributed by atoms with Crippen molar-refractivity contribution in [3.8, 4) is 0 Å². The Balaban J connectivity index is 1.65. The predicted octanol–water partition coefficient (Wildman–Crippen LogP) is 2.04. The minimum Gasteiger partial charge on any atom is -0.356 e. The van der Waals surface area contributed by atoms with Crippen molar-refractivity contribution >= 4 is 5.91 Å². The zero-order valence-corrected chi connectivity index (χ0v) is 11.7. The van der Waals surface area contributed by atoms with E-state index >= 15 is 0 Å². The normalized spacial score (nSPS) is 19.1. The van der Waals surface area contributed by atoms with Gasteiger partial charge >= 0.3 is 0 Å². The summed E-state index contributed by atoms with van der Waals surface area (Å²) in [4.78, 5) is 11.8. The Morgan fingerprint density at radius 3 is 2.84 bits per heavy atom. The summed E-state index contributed by atoms with van der Waals surface area (Å²) in [5.41, 5.74) is 2.50. The van der Waals surface area contributed by atoms with Gasteiger partial charge in [-0.15, -0.1) is 0 Å². The van der Waals surface area contributed by atoms with Crippen LogP contribution in [0.4, 0.5) is 0 Å². The predicted molar refractivity (Wildman–Crippen MR) is 78.1 cm³/mol.